The molecule has 0 radical (unpaired) electrons. The summed E-state index contributed by atoms with van der Waals surface area (Å²) in [4.78, 5) is 18.8. The Hall–Kier alpha value is -2.20. The Labute approximate surface area is 140 Å². The van der Waals surface area contributed by atoms with Gasteiger partial charge in [0.05, 0.1) is 16.8 Å². The maximum atomic E-state index is 12.4. The number of para-hydroxylation sites is 1. The van der Waals surface area contributed by atoms with Gasteiger partial charge < -0.3 is 4.90 Å². The largest absolute Gasteiger partial charge is 0.339 e. The summed E-state index contributed by atoms with van der Waals surface area (Å²) < 4.78 is 1.17. The van der Waals surface area contributed by atoms with Gasteiger partial charge in [-0.1, -0.05) is 49.4 Å². The fourth-order valence-electron chi connectivity index (χ4n) is 2.60. The van der Waals surface area contributed by atoms with Gasteiger partial charge in [0.2, 0.25) is 5.91 Å². The molecule has 3 aromatic rings. The Bertz CT molecular complexity index is 764. The van der Waals surface area contributed by atoms with E-state index in [0.717, 1.165) is 10.5 Å². The van der Waals surface area contributed by atoms with Crippen LogP contribution in [0.15, 0.2) is 54.6 Å². The highest BCUT2D eigenvalue weighted by atomic mass is 32.1. The molecular formula is C19H20N2OS. The third-order valence-corrected chi connectivity index (χ3v) is 5.01. The second-order valence-electron chi connectivity index (χ2n) is 5.84. The topological polar surface area (TPSA) is 33.2 Å². The van der Waals surface area contributed by atoms with Crippen molar-refractivity contribution in [3.05, 3.63) is 65.2 Å². The number of hydrogen-bond acceptors (Lipinski definition) is 3. The van der Waals surface area contributed by atoms with E-state index in [4.69, 9.17) is 0 Å². The summed E-state index contributed by atoms with van der Waals surface area (Å²) in [5, 5.41) is 0.981. The number of thiazole rings is 1. The van der Waals surface area contributed by atoms with E-state index in [1.807, 2.05) is 43.4 Å². The van der Waals surface area contributed by atoms with Crippen molar-refractivity contribution in [2.45, 2.75) is 25.8 Å². The summed E-state index contributed by atoms with van der Waals surface area (Å²) in [6, 6.07) is 18.3. The third kappa shape index (κ3) is 3.77. The van der Waals surface area contributed by atoms with Crippen LogP contribution in [0, 0.1) is 0 Å². The van der Waals surface area contributed by atoms with Gasteiger partial charge in [0.1, 0.15) is 5.01 Å². The molecule has 2 aromatic carbocycles. The van der Waals surface area contributed by atoms with Crippen LogP contribution in [-0.4, -0.2) is 22.8 Å². The van der Waals surface area contributed by atoms with E-state index < -0.39 is 0 Å². The number of benzene rings is 2. The van der Waals surface area contributed by atoms with Gasteiger partial charge in [0.25, 0.3) is 0 Å². The third-order valence-electron chi connectivity index (χ3n) is 3.99. The minimum Gasteiger partial charge on any atom is -0.339 e. The molecular weight excluding hydrogens is 304 g/mol. The van der Waals surface area contributed by atoms with E-state index >= 15 is 0 Å². The fraction of sp³-hybridized carbons (Fsp3) is 0.263. The van der Waals surface area contributed by atoms with Crippen molar-refractivity contribution in [1.29, 1.82) is 0 Å². The number of nitrogens with zero attached hydrogens (tertiary/aromatic N) is 2. The minimum absolute atomic E-state index is 0.153. The van der Waals surface area contributed by atoms with Gasteiger partial charge in [-0.15, -0.1) is 11.3 Å². The molecule has 0 saturated carbocycles. The molecule has 3 nitrogen and oxygen atoms in total. The normalized spacial score (nSPS) is 12.3. The maximum Gasteiger partial charge on any atom is 0.223 e. The van der Waals surface area contributed by atoms with Crippen molar-refractivity contribution in [2.75, 3.05) is 7.05 Å². The number of rotatable bonds is 5. The van der Waals surface area contributed by atoms with E-state index in [9.17, 15) is 4.79 Å². The number of hydrogen-bond donors (Lipinski definition) is 0. The molecule has 0 aliphatic heterocycles. The highest BCUT2D eigenvalue weighted by Gasteiger charge is 2.16. The maximum absolute atomic E-state index is 12.4. The van der Waals surface area contributed by atoms with Crippen LogP contribution >= 0.6 is 11.3 Å². The smallest absolute Gasteiger partial charge is 0.223 e. The average molecular weight is 324 g/mol. The molecule has 1 unspecified atom stereocenters. The van der Waals surface area contributed by atoms with Crippen LogP contribution in [0.2, 0.25) is 0 Å². The standard InChI is InChI=1S/C19H20N2OS/c1-14(15-8-4-3-5-9-15)12-19(22)21(2)13-18-20-16-10-6-7-11-17(16)23-18/h3-11,14H,12-13H2,1-2H3. The van der Waals surface area contributed by atoms with Crippen molar-refractivity contribution in [3.8, 4) is 0 Å². The number of fused-ring (bicyclic) bond motifs is 1. The first kappa shape index (κ1) is 15.7. The van der Waals surface area contributed by atoms with Crippen molar-refractivity contribution < 1.29 is 4.79 Å². The molecule has 1 amide bonds. The lowest BCUT2D eigenvalue weighted by molar-refractivity contribution is -0.130. The van der Waals surface area contributed by atoms with Gasteiger partial charge in [0.15, 0.2) is 0 Å². The first-order valence-electron chi connectivity index (χ1n) is 7.77. The molecule has 118 valence electrons. The molecule has 1 atom stereocenters. The zero-order valence-corrected chi connectivity index (χ0v) is 14.2. The number of carbonyl (C=O) groups is 1. The molecule has 1 heterocycles. The summed E-state index contributed by atoms with van der Waals surface area (Å²) >= 11 is 1.65. The SMILES string of the molecule is CC(CC(=O)N(C)Cc1nc2ccccc2s1)c1ccccc1. The minimum atomic E-state index is 0.153. The molecule has 0 aliphatic rings. The molecule has 0 saturated heterocycles. The molecule has 0 bridgehead atoms. The monoisotopic (exact) mass is 324 g/mol. The van der Waals surface area contributed by atoms with Gasteiger partial charge in [-0.25, -0.2) is 4.98 Å². The van der Waals surface area contributed by atoms with Crippen LogP contribution in [0.3, 0.4) is 0 Å². The highest BCUT2D eigenvalue weighted by molar-refractivity contribution is 7.18. The van der Waals surface area contributed by atoms with Crippen LogP contribution < -0.4 is 0 Å². The van der Waals surface area contributed by atoms with Crippen molar-refractivity contribution in [2.24, 2.45) is 0 Å². The molecule has 1 aromatic heterocycles. The lowest BCUT2D eigenvalue weighted by atomic mass is 9.97. The van der Waals surface area contributed by atoms with E-state index in [1.165, 1.54) is 10.3 Å². The summed E-state index contributed by atoms with van der Waals surface area (Å²) in [5.74, 6) is 0.377. The van der Waals surface area contributed by atoms with Crippen LogP contribution in [-0.2, 0) is 11.3 Å². The number of aromatic nitrogens is 1. The van der Waals surface area contributed by atoms with E-state index in [0.29, 0.717) is 13.0 Å². The summed E-state index contributed by atoms with van der Waals surface area (Å²) in [7, 11) is 1.85. The molecule has 3 rings (SSSR count). The second-order valence-corrected chi connectivity index (χ2v) is 6.96. The van der Waals surface area contributed by atoms with Crippen molar-refractivity contribution in [1.82, 2.24) is 9.88 Å². The van der Waals surface area contributed by atoms with E-state index in [-0.39, 0.29) is 11.8 Å². The van der Waals surface area contributed by atoms with Gasteiger partial charge >= 0.3 is 0 Å². The molecule has 0 fully saturated rings. The van der Waals surface area contributed by atoms with E-state index in [2.05, 4.69) is 30.1 Å². The molecule has 23 heavy (non-hydrogen) atoms. The quantitative estimate of drug-likeness (QED) is 0.695. The molecule has 0 aliphatic carbocycles. The highest BCUT2D eigenvalue weighted by Crippen LogP contribution is 2.24. The Morgan fingerprint density at radius 2 is 1.83 bits per heavy atom. The Kier molecular flexibility index (Phi) is 4.72. The van der Waals surface area contributed by atoms with Crippen molar-refractivity contribution >= 4 is 27.5 Å². The molecule has 0 spiro atoms. The Balaban J connectivity index is 1.63. The van der Waals surface area contributed by atoms with Crippen LogP contribution in [0.4, 0.5) is 0 Å². The van der Waals surface area contributed by atoms with E-state index in [1.54, 1.807) is 16.2 Å². The number of carbonyl (C=O) groups excluding carboxylic acids is 1. The first-order valence-corrected chi connectivity index (χ1v) is 8.58. The molecule has 0 N–H and O–H groups in total. The Morgan fingerprint density at radius 1 is 1.13 bits per heavy atom. The van der Waals surface area contributed by atoms with Gasteiger partial charge in [-0.3, -0.25) is 4.79 Å². The van der Waals surface area contributed by atoms with Crippen molar-refractivity contribution in [3.63, 3.8) is 0 Å². The number of amides is 1. The van der Waals surface area contributed by atoms with Crippen LogP contribution in [0.5, 0.6) is 0 Å². The lowest BCUT2D eigenvalue weighted by Gasteiger charge is -2.18. The first-order chi connectivity index (χ1) is 11.1. The predicted octanol–water partition coefficient (Wildman–Crippen LogP) is 4.45. The summed E-state index contributed by atoms with van der Waals surface area (Å²) in [5.41, 5.74) is 2.21. The fourth-order valence-corrected chi connectivity index (χ4v) is 3.62. The lowest BCUT2D eigenvalue weighted by Crippen LogP contribution is -2.27. The Morgan fingerprint density at radius 3 is 2.57 bits per heavy atom. The second kappa shape index (κ2) is 6.92. The zero-order valence-electron chi connectivity index (χ0n) is 13.4. The average Bonchev–Trinajstić information content (AvgIpc) is 2.97. The summed E-state index contributed by atoms with van der Waals surface area (Å²) in [6.07, 6.45) is 0.519. The molecule has 4 heteroatoms. The van der Waals surface area contributed by atoms with Gasteiger partial charge in [-0.2, -0.15) is 0 Å². The zero-order chi connectivity index (χ0) is 16.2. The summed E-state index contributed by atoms with van der Waals surface area (Å²) in [6.45, 7) is 2.67. The van der Waals surface area contributed by atoms with Crippen LogP contribution in [0.25, 0.3) is 10.2 Å². The van der Waals surface area contributed by atoms with Gasteiger partial charge in [0, 0.05) is 13.5 Å². The van der Waals surface area contributed by atoms with Gasteiger partial charge in [-0.05, 0) is 23.6 Å². The predicted molar refractivity (Wildman–Crippen MR) is 95.6 cm³/mol. The van der Waals surface area contributed by atoms with Crippen LogP contribution in [0.1, 0.15) is 29.8 Å².